The van der Waals surface area contributed by atoms with E-state index in [4.69, 9.17) is 5.73 Å². The molecule has 22 heavy (non-hydrogen) atoms. The minimum absolute atomic E-state index is 0.0232. The van der Waals surface area contributed by atoms with Gasteiger partial charge in [0.05, 0.1) is 6.54 Å². The Morgan fingerprint density at radius 1 is 1.18 bits per heavy atom. The summed E-state index contributed by atoms with van der Waals surface area (Å²) in [5, 5.41) is 5.26. The van der Waals surface area contributed by atoms with Crippen molar-refractivity contribution in [1.82, 2.24) is 15.6 Å². The molecule has 6 heteroatoms. The van der Waals surface area contributed by atoms with Gasteiger partial charge in [0.1, 0.15) is 5.69 Å². The van der Waals surface area contributed by atoms with Crippen molar-refractivity contribution in [1.29, 1.82) is 0 Å². The number of aromatic nitrogens is 1. The summed E-state index contributed by atoms with van der Waals surface area (Å²) < 4.78 is 0. The van der Waals surface area contributed by atoms with Crippen LogP contribution in [0.25, 0.3) is 11.1 Å². The third-order valence-electron chi connectivity index (χ3n) is 3.16. The number of benzene rings is 1. The third kappa shape index (κ3) is 3.89. The highest BCUT2D eigenvalue weighted by Gasteiger charge is 2.06. The topological polar surface area (TPSA) is 97.1 Å². The van der Waals surface area contributed by atoms with Crippen molar-refractivity contribution in [3.63, 3.8) is 0 Å². The van der Waals surface area contributed by atoms with Gasteiger partial charge in [0, 0.05) is 25.4 Å². The number of carbonyl (C=O) groups is 2. The van der Waals surface area contributed by atoms with Gasteiger partial charge in [-0.15, -0.1) is 0 Å². The van der Waals surface area contributed by atoms with Crippen LogP contribution in [0.3, 0.4) is 0 Å². The van der Waals surface area contributed by atoms with Crippen molar-refractivity contribution < 1.29 is 9.59 Å². The number of hydrogen-bond acceptors (Lipinski definition) is 4. The molecule has 0 radical (unpaired) electrons. The maximum absolute atomic E-state index is 11.5. The van der Waals surface area contributed by atoms with Gasteiger partial charge in [-0.25, -0.2) is 0 Å². The van der Waals surface area contributed by atoms with Gasteiger partial charge in [-0.05, 0) is 23.3 Å². The molecule has 2 amide bonds. The number of carbonyl (C=O) groups excluding carboxylic acids is 2. The average molecular weight is 298 g/mol. The molecule has 1 heterocycles. The number of pyridine rings is 1. The second-order valence-electron chi connectivity index (χ2n) is 4.69. The summed E-state index contributed by atoms with van der Waals surface area (Å²) in [5.41, 5.74) is 8.46. The zero-order valence-electron chi connectivity index (χ0n) is 12.3. The molecular formula is C16H18N4O2. The third-order valence-corrected chi connectivity index (χ3v) is 3.16. The van der Waals surface area contributed by atoms with Crippen molar-refractivity contribution in [2.75, 3.05) is 13.6 Å². The van der Waals surface area contributed by atoms with E-state index in [2.05, 4.69) is 15.6 Å². The molecule has 0 spiro atoms. The van der Waals surface area contributed by atoms with Crippen molar-refractivity contribution in [2.24, 2.45) is 5.73 Å². The van der Waals surface area contributed by atoms with E-state index in [9.17, 15) is 9.59 Å². The molecule has 114 valence electrons. The minimum atomic E-state index is -0.218. The molecule has 0 bridgehead atoms. The Bertz CT molecular complexity index is 668. The van der Waals surface area contributed by atoms with Crippen LogP contribution in [-0.4, -0.2) is 30.4 Å². The molecule has 0 atom stereocenters. The van der Waals surface area contributed by atoms with E-state index in [0.717, 1.165) is 16.7 Å². The molecule has 0 unspecified atom stereocenters. The van der Waals surface area contributed by atoms with Crippen molar-refractivity contribution in [3.8, 4) is 11.1 Å². The molecule has 0 aliphatic carbocycles. The highest BCUT2D eigenvalue weighted by molar-refractivity contribution is 5.92. The van der Waals surface area contributed by atoms with Crippen LogP contribution >= 0.6 is 0 Å². The van der Waals surface area contributed by atoms with Crippen LogP contribution in [0.5, 0.6) is 0 Å². The lowest BCUT2D eigenvalue weighted by atomic mass is 10.0. The molecular weight excluding hydrogens is 280 g/mol. The van der Waals surface area contributed by atoms with E-state index < -0.39 is 0 Å². The van der Waals surface area contributed by atoms with Gasteiger partial charge in [0.2, 0.25) is 5.91 Å². The molecule has 0 aliphatic rings. The summed E-state index contributed by atoms with van der Waals surface area (Å²) in [7, 11) is 1.57. The Morgan fingerprint density at radius 2 is 2.00 bits per heavy atom. The highest BCUT2D eigenvalue weighted by atomic mass is 16.2. The summed E-state index contributed by atoms with van der Waals surface area (Å²) in [5.74, 6) is -0.410. The first-order valence-electron chi connectivity index (χ1n) is 6.88. The van der Waals surface area contributed by atoms with Gasteiger partial charge in [0.25, 0.3) is 5.91 Å². The Kier molecular flexibility index (Phi) is 5.21. The predicted molar refractivity (Wildman–Crippen MR) is 84.0 cm³/mol. The van der Waals surface area contributed by atoms with Gasteiger partial charge in [0.15, 0.2) is 0 Å². The Hall–Kier alpha value is -2.73. The van der Waals surface area contributed by atoms with Crippen molar-refractivity contribution in [2.45, 2.75) is 6.54 Å². The number of nitrogens with one attached hydrogen (secondary N) is 2. The van der Waals surface area contributed by atoms with Crippen LogP contribution in [0.2, 0.25) is 0 Å². The fourth-order valence-electron chi connectivity index (χ4n) is 1.96. The molecule has 2 rings (SSSR count). The number of rotatable bonds is 5. The van der Waals surface area contributed by atoms with Crippen molar-refractivity contribution >= 4 is 11.8 Å². The first-order valence-corrected chi connectivity index (χ1v) is 6.88. The predicted octanol–water partition coefficient (Wildman–Crippen LogP) is 0.683. The zero-order valence-corrected chi connectivity index (χ0v) is 12.3. The summed E-state index contributed by atoms with van der Waals surface area (Å²) in [6.07, 6.45) is 1.65. The fraction of sp³-hybridized carbons (Fsp3) is 0.188. The molecule has 1 aromatic carbocycles. The average Bonchev–Trinajstić information content (AvgIpc) is 2.59. The number of nitrogens with zero attached hydrogens (tertiary/aromatic N) is 1. The molecule has 0 saturated heterocycles. The second kappa shape index (κ2) is 7.33. The lowest BCUT2D eigenvalue weighted by molar-refractivity contribution is -0.119. The number of hydrogen-bond donors (Lipinski definition) is 3. The quantitative estimate of drug-likeness (QED) is 0.756. The maximum atomic E-state index is 11.5. The van der Waals surface area contributed by atoms with Gasteiger partial charge in [-0.1, -0.05) is 24.3 Å². The highest BCUT2D eigenvalue weighted by Crippen LogP contribution is 2.19. The van der Waals surface area contributed by atoms with Crippen LogP contribution in [0.1, 0.15) is 16.1 Å². The lowest BCUT2D eigenvalue weighted by Crippen LogP contribution is -2.29. The summed E-state index contributed by atoms with van der Waals surface area (Å²) in [6.45, 7) is 0.401. The molecule has 4 N–H and O–H groups in total. The largest absolute Gasteiger partial charge is 0.354 e. The lowest BCUT2D eigenvalue weighted by Gasteiger charge is -2.07. The smallest absolute Gasteiger partial charge is 0.269 e. The van der Waals surface area contributed by atoms with Gasteiger partial charge >= 0.3 is 0 Å². The van der Waals surface area contributed by atoms with Crippen LogP contribution < -0.4 is 16.4 Å². The molecule has 0 saturated carbocycles. The number of nitrogens with two attached hydrogens (primary N) is 1. The number of amides is 2. The van der Waals surface area contributed by atoms with E-state index in [1.807, 2.05) is 30.3 Å². The van der Waals surface area contributed by atoms with E-state index >= 15 is 0 Å². The molecule has 2 aromatic rings. The van der Waals surface area contributed by atoms with Gasteiger partial charge in [-0.3, -0.25) is 14.6 Å². The fourth-order valence-corrected chi connectivity index (χ4v) is 1.96. The molecule has 6 nitrogen and oxygen atoms in total. The molecule has 1 aromatic heterocycles. The van der Waals surface area contributed by atoms with E-state index in [1.165, 1.54) is 0 Å². The van der Waals surface area contributed by atoms with E-state index in [0.29, 0.717) is 12.2 Å². The normalized spacial score (nSPS) is 10.1. The molecule has 0 fully saturated rings. The van der Waals surface area contributed by atoms with Gasteiger partial charge < -0.3 is 16.4 Å². The van der Waals surface area contributed by atoms with E-state index in [-0.39, 0.29) is 18.4 Å². The monoisotopic (exact) mass is 298 g/mol. The minimum Gasteiger partial charge on any atom is -0.354 e. The SMILES string of the molecule is CNC(=O)c1ccc(-c2cccc(CNC(=O)CN)c2)cn1. The molecule has 0 aliphatic heterocycles. The second-order valence-corrected chi connectivity index (χ2v) is 4.69. The summed E-state index contributed by atoms with van der Waals surface area (Å²) in [6, 6.07) is 11.3. The first kappa shape index (κ1) is 15.7. The van der Waals surface area contributed by atoms with Crippen LogP contribution in [0, 0.1) is 0 Å². The van der Waals surface area contributed by atoms with Crippen LogP contribution in [0.4, 0.5) is 0 Å². The Labute approximate surface area is 128 Å². The summed E-state index contributed by atoms with van der Waals surface area (Å²) in [4.78, 5) is 26.8. The summed E-state index contributed by atoms with van der Waals surface area (Å²) >= 11 is 0. The maximum Gasteiger partial charge on any atom is 0.269 e. The Morgan fingerprint density at radius 3 is 2.64 bits per heavy atom. The van der Waals surface area contributed by atoms with Crippen LogP contribution in [-0.2, 0) is 11.3 Å². The van der Waals surface area contributed by atoms with Gasteiger partial charge in [-0.2, -0.15) is 0 Å². The first-order chi connectivity index (χ1) is 10.6. The zero-order chi connectivity index (χ0) is 15.9. The Balaban J connectivity index is 2.15. The van der Waals surface area contributed by atoms with Crippen LogP contribution in [0.15, 0.2) is 42.6 Å². The van der Waals surface area contributed by atoms with E-state index in [1.54, 1.807) is 19.3 Å². The van der Waals surface area contributed by atoms with Crippen molar-refractivity contribution in [3.05, 3.63) is 53.9 Å². The standard InChI is InChI=1S/C16H18N4O2/c1-18-16(22)14-6-5-13(10-19-14)12-4-2-3-11(7-12)9-20-15(21)8-17/h2-7,10H,8-9,17H2,1H3,(H,18,22)(H,20,21).